The van der Waals surface area contributed by atoms with E-state index in [4.69, 9.17) is 14.2 Å². The van der Waals surface area contributed by atoms with Crippen molar-refractivity contribution < 1.29 is 28.6 Å². The van der Waals surface area contributed by atoms with Crippen LogP contribution in [-0.4, -0.2) is 38.1 Å². The summed E-state index contributed by atoms with van der Waals surface area (Å²) in [7, 11) is 1.58. The highest BCUT2D eigenvalue weighted by Gasteiger charge is 2.30. The van der Waals surface area contributed by atoms with Crippen LogP contribution in [0.25, 0.3) is 0 Å². The summed E-state index contributed by atoms with van der Waals surface area (Å²) in [5.41, 5.74) is 0.649. The Morgan fingerprint density at radius 3 is 2.30 bits per heavy atom. The lowest BCUT2D eigenvalue weighted by atomic mass is 10.2. The summed E-state index contributed by atoms with van der Waals surface area (Å²) in [6.07, 6.45) is 0.381. The van der Waals surface area contributed by atoms with Gasteiger partial charge < -0.3 is 14.2 Å². The van der Waals surface area contributed by atoms with Gasteiger partial charge in [0.1, 0.15) is 24.7 Å². The summed E-state index contributed by atoms with van der Waals surface area (Å²) in [5, 5.41) is 0. The monoisotopic (exact) mass is 369 g/mol. The van der Waals surface area contributed by atoms with E-state index in [0.29, 0.717) is 11.4 Å². The van der Waals surface area contributed by atoms with Crippen molar-refractivity contribution in [3.63, 3.8) is 0 Å². The van der Waals surface area contributed by atoms with Gasteiger partial charge in [0.05, 0.1) is 18.4 Å². The zero-order chi connectivity index (χ0) is 19.2. The van der Waals surface area contributed by atoms with Crippen molar-refractivity contribution in [2.24, 2.45) is 0 Å². The molecule has 0 radical (unpaired) electrons. The molecule has 0 spiro atoms. The summed E-state index contributed by atoms with van der Waals surface area (Å²) in [6.45, 7) is 0.261. The van der Waals surface area contributed by atoms with Gasteiger partial charge in [0.2, 0.25) is 11.8 Å². The van der Waals surface area contributed by atoms with Crippen molar-refractivity contribution in [2.45, 2.75) is 12.8 Å². The number of carbonyl (C=O) groups is 3. The van der Waals surface area contributed by atoms with Crippen LogP contribution in [0.4, 0.5) is 5.69 Å². The van der Waals surface area contributed by atoms with E-state index in [2.05, 4.69) is 0 Å². The molecule has 7 nitrogen and oxygen atoms in total. The minimum Gasteiger partial charge on any atom is -0.497 e. The van der Waals surface area contributed by atoms with E-state index in [1.807, 2.05) is 0 Å². The van der Waals surface area contributed by atoms with Gasteiger partial charge in [-0.1, -0.05) is 6.07 Å². The van der Waals surface area contributed by atoms with Gasteiger partial charge in [-0.15, -0.1) is 0 Å². The number of anilines is 1. The van der Waals surface area contributed by atoms with Crippen LogP contribution in [-0.2, 0) is 14.3 Å². The number of carbonyl (C=O) groups excluding carboxylic acids is 3. The first-order chi connectivity index (χ1) is 13.1. The molecule has 2 aromatic rings. The van der Waals surface area contributed by atoms with Crippen LogP contribution in [0.15, 0.2) is 48.5 Å². The normalized spacial score (nSPS) is 13.6. The zero-order valence-electron chi connectivity index (χ0n) is 14.8. The topological polar surface area (TPSA) is 82.1 Å². The molecule has 27 heavy (non-hydrogen) atoms. The highest BCUT2D eigenvalue weighted by Crippen LogP contribution is 2.23. The van der Waals surface area contributed by atoms with Crippen LogP contribution >= 0.6 is 0 Å². The number of hydrogen-bond donors (Lipinski definition) is 0. The number of methoxy groups -OCH3 is 1. The minimum atomic E-state index is -0.547. The molecule has 3 rings (SSSR count). The Hall–Kier alpha value is -3.35. The predicted octanol–water partition coefficient (Wildman–Crippen LogP) is 2.58. The van der Waals surface area contributed by atoms with Gasteiger partial charge in [-0.2, -0.15) is 0 Å². The Morgan fingerprint density at radius 2 is 1.63 bits per heavy atom. The van der Waals surface area contributed by atoms with E-state index in [1.54, 1.807) is 49.6 Å². The van der Waals surface area contributed by atoms with Gasteiger partial charge in [0, 0.05) is 12.8 Å². The van der Waals surface area contributed by atoms with Crippen LogP contribution in [0, 0.1) is 0 Å². The molecule has 1 aliphatic heterocycles. The van der Waals surface area contributed by atoms with Crippen LogP contribution < -0.4 is 14.4 Å². The molecule has 0 saturated carbocycles. The van der Waals surface area contributed by atoms with Crippen molar-refractivity contribution in [1.29, 1.82) is 0 Å². The maximum Gasteiger partial charge on any atom is 0.338 e. The first-order valence-electron chi connectivity index (χ1n) is 8.48. The number of esters is 1. The van der Waals surface area contributed by atoms with Crippen molar-refractivity contribution in [1.82, 2.24) is 0 Å². The fourth-order valence-electron chi connectivity index (χ4n) is 2.69. The Bertz CT molecular complexity index is 830. The fraction of sp³-hybridized carbons (Fsp3) is 0.250. The lowest BCUT2D eigenvalue weighted by molar-refractivity contribution is -0.121. The number of benzene rings is 2. The Morgan fingerprint density at radius 1 is 0.963 bits per heavy atom. The summed E-state index contributed by atoms with van der Waals surface area (Å²) < 4.78 is 15.7. The summed E-state index contributed by atoms with van der Waals surface area (Å²) in [5.74, 6) is 0.287. The zero-order valence-corrected chi connectivity index (χ0v) is 14.8. The number of imide groups is 1. The third-order valence-corrected chi connectivity index (χ3v) is 4.04. The maximum atomic E-state index is 12.2. The molecular formula is C20H19NO6. The lowest BCUT2D eigenvalue weighted by Crippen LogP contribution is -2.28. The highest BCUT2D eigenvalue weighted by atomic mass is 16.6. The number of nitrogens with zero attached hydrogens (tertiary/aromatic N) is 1. The van der Waals surface area contributed by atoms with Gasteiger partial charge >= 0.3 is 5.97 Å². The maximum absolute atomic E-state index is 12.2. The number of amides is 2. The van der Waals surface area contributed by atoms with E-state index in [9.17, 15) is 14.4 Å². The van der Waals surface area contributed by atoms with Crippen molar-refractivity contribution in [3.8, 4) is 11.5 Å². The van der Waals surface area contributed by atoms with E-state index in [0.717, 1.165) is 10.6 Å². The lowest BCUT2D eigenvalue weighted by Gasteiger charge is -2.14. The largest absolute Gasteiger partial charge is 0.497 e. The van der Waals surface area contributed by atoms with Gasteiger partial charge in [0.25, 0.3) is 0 Å². The van der Waals surface area contributed by atoms with E-state index < -0.39 is 5.97 Å². The van der Waals surface area contributed by atoms with E-state index in [1.165, 1.54) is 6.07 Å². The molecule has 1 heterocycles. The quantitative estimate of drug-likeness (QED) is 0.424. The smallest absolute Gasteiger partial charge is 0.338 e. The average Bonchev–Trinajstić information content (AvgIpc) is 3.04. The fourth-order valence-corrected chi connectivity index (χ4v) is 2.69. The average molecular weight is 369 g/mol. The SMILES string of the molecule is COc1ccc(OCCOC(=O)c2cccc(N3C(=O)CCC3=O)c2)cc1. The molecule has 1 fully saturated rings. The third-order valence-electron chi connectivity index (χ3n) is 4.04. The second kappa shape index (κ2) is 8.35. The number of hydrogen-bond acceptors (Lipinski definition) is 6. The van der Waals surface area contributed by atoms with E-state index in [-0.39, 0.29) is 43.4 Å². The van der Waals surface area contributed by atoms with Gasteiger partial charge in [-0.3, -0.25) is 14.5 Å². The summed E-state index contributed by atoms with van der Waals surface area (Å²) in [6, 6.07) is 13.3. The van der Waals surface area contributed by atoms with Gasteiger partial charge in [0.15, 0.2) is 0 Å². The first-order valence-corrected chi connectivity index (χ1v) is 8.48. The number of ether oxygens (including phenoxy) is 3. The van der Waals surface area contributed by atoms with Crippen LogP contribution in [0.1, 0.15) is 23.2 Å². The molecule has 0 aliphatic carbocycles. The second-order valence-corrected chi connectivity index (χ2v) is 5.83. The molecular weight excluding hydrogens is 350 g/mol. The van der Waals surface area contributed by atoms with Crippen molar-refractivity contribution in [3.05, 3.63) is 54.1 Å². The molecule has 2 aromatic carbocycles. The Balaban J connectivity index is 1.53. The molecule has 7 heteroatoms. The molecule has 140 valence electrons. The van der Waals surface area contributed by atoms with Crippen LogP contribution in [0.5, 0.6) is 11.5 Å². The molecule has 2 amide bonds. The van der Waals surface area contributed by atoms with E-state index >= 15 is 0 Å². The highest BCUT2D eigenvalue weighted by molar-refractivity contribution is 6.20. The van der Waals surface area contributed by atoms with Crippen molar-refractivity contribution >= 4 is 23.5 Å². The van der Waals surface area contributed by atoms with Gasteiger partial charge in [-0.05, 0) is 42.5 Å². The second-order valence-electron chi connectivity index (χ2n) is 5.83. The predicted molar refractivity (Wildman–Crippen MR) is 96.9 cm³/mol. The standard InChI is InChI=1S/C20H19NO6/c1-25-16-5-7-17(8-6-16)26-11-12-27-20(24)14-3-2-4-15(13-14)21-18(22)9-10-19(21)23/h2-8,13H,9-12H2,1H3. The third kappa shape index (κ3) is 4.44. The van der Waals surface area contributed by atoms with Crippen molar-refractivity contribution in [2.75, 3.05) is 25.2 Å². The minimum absolute atomic E-state index is 0.0661. The van der Waals surface area contributed by atoms with Crippen LogP contribution in [0.3, 0.4) is 0 Å². The molecule has 0 atom stereocenters. The molecule has 1 aliphatic rings. The molecule has 0 unspecified atom stereocenters. The summed E-state index contributed by atoms with van der Waals surface area (Å²) in [4.78, 5) is 36.9. The van der Waals surface area contributed by atoms with Gasteiger partial charge in [-0.25, -0.2) is 4.79 Å². The molecule has 0 N–H and O–H groups in total. The Labute approximate surface area is 156 Å². The summed E-state index contributed by atoms with van der Waals surface area (Å²) >= 11 is 0. The first kappa shape index (κ1) is 18.4. The van der Waals surface area contributed by atoms with Crippen LogP contribution in [0.2, 0.25) is 0 Å². The molecule has 1 saturated heterocycles. The molecule has 0 aromatic heterocycles. The number of rotatable bonds is 7. The molecule has 0 bridgehead atoms. The Kier molecular flexibility index (Phi) is 5.71.